The number of hydrogen-bond donors (Lipinski definition) is 0. The van der Waals surface area contributed by atoms with Crippen molar-refractivity contribution in [3.8, 4) is 0 Å². The Morgan fingerprint density at radius 3 is 2.12 bits per heavy atom. The number of nitrogens with zero attached hydrogens (tertiary/aromatic N) is 2. The molecule has 1 amide bonds. The van der Waals surface area contributed by atoms with Crippen LogP contribution in [0.2, 0.25) is 0 Å². The lowest BCUT2D eigenvalue weighted by molar-refractivity contribution is 0.0746. The number of rotatable bonds is 3. The van der Waals surface area contributed by atoms with Gasteiger partial charge in [-0.05, 0) is 41.8 Å². The fraction of sp³-hybridized carbons (Fsp3) is 0.350. The minimum atomic E-state index is -0.991. The van der Waals surface area contributed by atoms with Crippen molar-refractivity contribution in [3.63, 3.8) is 0 Å². The summed E-state index contributed by atoms with van der Waals surface area (Å²) in [6.07, 6.45) is 0. The van der Waals surface area contributed by atoms with Crippen LogP contribution in [0.1, 0.15) is 35.7 Å². The molecule has 2 aromatic rings. The molecule has 5 heteroatoms. The molecule has 1 heterocycles. The van der Waals surface area contributed by atoms with Crippen LogP contribution in [0.4, 0.5) is 14.5 Å². The highest BCUT2D eigenvalue weighted by Crippen LogP contribution is 2.22. The molecule has 0 radical (unpaired) electrons. The Morgan fingerprint density at radius 2 is 1.56 bits per heavy atom. The summed E-state index contributed by atoms with van der Waals surface area (Å²) in [6.45, 7) is 6.88. The molecule has 1 saturated heterocycles. The molecule has 0 bridgehead atoms. The summed E-state index contributed by atoms with van der Waals surface area (Å²) in [5.74, 6) is -1.69. The van der Waals surface area contributed by atoms with Gasteiger partial charge in [-0.15, -0.1) is 0 Å². The highest BCUT2D eigenvalue weighted by molar-refractivity contribution is 5.94. The molecule has 0 N–H and O–H groups in total. The van der Waals surface area contributed by atoms with Gasteiger partial charge in [0.25, 0.3) is 5.91 Å². The molecule has 3 nitrogen and oxygen atoms in total. The number of carbonyl (C=O) groups excluding carboxylic acids is 1. The second-order valence-corrected chi connectivity index (χ2v) is 6.65. The van der Waals surface area contributed by atoms with Crippen molar-refractivity contribution in [2.24, 2.45) is 0 Å². The van der Waals surface area contributed by atoms with E-state index in [-0.39, 0.29) is 11.5 Å². The van der Waals surface area contributed by atoms with Gasteiger partial charge in [-0.1, -0.05) is 26.0 Å². The largest absolute Gasteiger partial charge is 0.368 e. The fourth-order valence-corrected chi connectivity index (χ4v) is 3.05. The second-order valence-electron chi connectivity index (χ2n) is 6.65. The van der Waals surface area contributed by atoms with Gasteiger partial charge in [-0.2, -0.15) is 0 Å². The van der Waals surface area contributed by atoms with E-state index in [1.54, 1.807) is 4.90 Å². The van der Waals surface area contributed by atoms with Crippen LogP contribution >= 0.6 is 0 Å². The highest BCUT2D eigenvalue weighted by atomic mass is 19.2. The first kappa shape index (κ1) is 17.4. The maximum absolute atomic E-state index is 13.3. The standard InChI is InChI=1S/C20H22F2N2O/c1-14(2)15-3-6-17(7-4-15)23-9-11-24(12-10-23)20(25)16-5-8-18(21)19(22)13-16/h3-8,13-14H,9-12H2,1-2H3. The van der Waals surface area contributed by atoms with Crippen LogP contribution in [0, 0.1) is 11.6 Å². The molecule has 0 unspecified atom stereocenters. The van der Waals surface area contributed by atoms with Crippen molar-refractivity contribution < 1.29 is 13.6 Å². The zero-order valence-corrected chi connectivity index (χ0v) is 14.5. The number of piperazine rings is 1. The predicted octanol–water partition coefficient (Wildman–Crippen LogP) is 4.05. The van der Waals surface area contributed by atoms with E-state index < -0.39 is 11.6 Å². The maximum atomic E-state index is 13.3. The molecule has 1 fully saturated rings. The Morgan fingerprint density at radius 1 is 0.920 bits per heavy atom. The smallest absolute Gasteiger partial charge is 0.254 e. The molecule has 0 spiro atoms. The van der Waals surface area contributed by atoms with Gasteiger partial charge >= 0.3 is 0 Å². The predicted molar refractivity (Wildman–Crippen MR) is 95.0 cm³/mol. The van der Waals surface area contributed by atoms with Gasteiger partial charge in [-0.3, -0.25) is 4.79 Å². The summed E-state index contributed by atoms with van der Waals surface area (Å²) in [5.41, 5.74) is 2.63. The first-order valence-electron chi connectivity index (χ1n) is 8.55. The first-order valence-corrected chi connectivity index (χ1v) is 8.55. The quantitative estimate of drug-likeness (QED) is 0.839. The zero-order chi connectivity index (χ0) is 18.0. The zero-order valence-electron chi connectivity index (χ0n) is 14.5. The van der Waals surface area contributed by atoms with Crippen LogP contribution in [0.5, 0.6) is 0 Å². The molecule has 0 atom stereocenters. The monoisotopic (exact) mass is 344 g/mol. The van der Waals surface area contributed by atoms with Crippen LogP contribution in [0.3, 0.4) is 0 Å². The van der Waals surface area contributed by atoms with E-state index in [1.807, 2.05) is 0 Å². The second kappa shape index (κ2) is 7.21. The van der Waals surface area contributed by atoms with E-state index in [4.69, 9.17) is 0 Å². The van der Waals surface area contributed by atoms with Crippen molar-refractivity contribution in [3.05, 3.63) is 65.2 Å². The van der Waals surface area contributed by atoms with Gasteiger partial charge in [0.1, 0.15) is 0 Å². The number of anilines is 1. The lowest BCUT2D eigenvalue weighted by Crippen LogP contribution is -2.48. The summed E-state index contributed by atoms with van der Waals surface area (Å²) in [5, 5.41) is 0. The molecule has 1 aliphatic heterocycles. The van der Waals surface area contributed by atoms with Gasteiger partial charge in [0.15, 0.2) is 11.6 Å². The van der Waals surface area contributed by atoms with Crippen LogP contribution < -0.4 is 4.90 Å². The third-order valence-corrected chi connectivity index (χ3v) is 4.66. The Hall–Kier alpha value is -2.43. The summed E-state index contributed by atoms with van der Waals surface area (Å²) in [6, 6.07) is 11.8. The summed E-state index contributed by atoms with van der Waals surface area (Å²) >= 11 is 0. The number of carbonyl (C=O) groups is 1. The van der Waals surface area contributed by atoms with Crippen molar-refractivity contribution in [1.29, 1.82) is 0 Å². The van der Waals surface area contributed by atoms with E-state index >= 15 is 0 Å². The molecular weight excluding hydrogens is 322 g/mol. The Bertz CT molecular complexity index is 751. The third-order valence-electron chi connectivity index (χ3n) is 4.66. The molecule has 3 rings (SSSR count). The molecule has 25 heavy (non-hydrogen) atoms. The molecule has 1 aliphatic rings. The van der Waals surface area contributed by atoms with Gasteiger partial charge < -0.3 is 9.80 Å². The number of benzene rings is 2. The Labute approximate surface area is 146 Å². The van der Waals surface area contributed by atoms with E-state index in [9.17, 15) is 13.6 Å². The van der Waals surface area contributed by atoms with Crippen molar-refractivity contribution in [2.45, 2.75) is 19.8 Å². The highest BCUT2D eigenvalue weighted by Gasteiger charge is 2.23. The van der Waals surface area contributed by atoms with Crippen LogP contribution in [0.25, 0.3) is 0 Å². The molecular formula is C20H22F2N2O. The summed E-state index contributed by atoms with van der Waals surface area (Å²) in [7, 11) is 0. The lowest BCUT2D eigenvalue weighted by atomic mass is 10.0. The van der Waals surface area contributed by atoms with Crippen LogP contribution in [0.15, 0.2) is 42.5 Å². The van der Waals surface area contributed by atoms with Gasteiger partial charge in [0, 0.05) is 37.4 Å². The minimum absolute atomic E-state index is 0.189. The minimum Gasteiger partial charge on any atom is -0.368 e. The number of halogens is 2. The first-order chi connectivity index (χ1) is 12.0. The lowest BCUT2D eigenvalue weighted by Gasteiger charge is -2.36. The third kappa shape index (κ3) is 3.81. The summed E-state index contributed by atoms with van der Waals surface area (Å²) < 4.78 is 26.3. The average Bonchev–Trinajstić information content (AvgIpc) is 2.63. The van der Waals surface area contributed by atoms with Gasteiger partial charge in [-0.25, -0.2) is 8.78 Å². The SMILES string of the molecule is CC(C)c1ccc(N2CCN(C(=O)c3ccc(F)c(F)c3)CC2)cc1. The van der Waals surface area contributed by atoms with Gasteiger partial charge in [0.2, 0.25) is 0 Å². The fourth-order valence-electron chi connectivity index (χ4n) is 3.05. The topological polar surface area (TPSA) is 23.6 Å². The summed E-state index contributed by atoms with van der Waals surface area (Å²) in [4.78, 5) is 16.4. The van der Waals surface area contributed by atoms with Crippen molar-refractivity contribution >= 4 is 11.6 Å². The number of hydrogen-bond acceptors (Lipinski definition) is 2. The van der Waals surface area contributed by atoms with E-state index in [2.05, 4.69) is 43.0 Å². The molecule has 132 valence electrons. The van der Waals surface area contributed by atoms with Crippen LogP contribution in [-0.2, 0) is 0 Å². The van der Waals surface area contributed by atoms with E-state index in [1.165, 1.54) is 11.6 Å². The Kier molecular flexibility index (Phi) is 5.02. The van der Waals surface area contributed by atoms with E-state index in [0.717, 1.165) is 30.9 Å². The molecule has 2 aromatic carbocycles. The molecule has 0 saturated carbocycles. The maximum Gasteiger partial charge on any atom is 0.254 e. The van der Waals surface area contributed by atoms with Crippen LogP contribution in [-0.4, -0.2) is 37.0 Å². The molecule has 0 aliphatic carbocycles. The normalized spacial score (nSPS) is 14.9. The van der Waals surface area contributed by atoms with E-state index in [0.29, 0.717) is 19.0 Å². The van der Waals surface area contributed by atoms with Crippen molar-refractivity contribution in [2.75, 3.05) is 31.1 Å². The Balaban J connectivity index is 1.63. The molecule has 0 aromatic heterocycles. The van der Waals surface area contributed by atoms with Crippen molar-refractivity contribution in [1.82, 2.24) is 4.90 Å². The number of amides is 1. The van der Waals surface area contributed by atoms with Gasteiger partial charge in [0.05, 0.1) is 0 Å². The average molecular weight is 344 g/mol.